The zero-order valence-corrected chi connectivity index (χ0v) is 27.2. The van der Waals surface area contributed by atoms with Crippen molar-refractivity contribution in [1.29, 1.82) is 0 Å². The molecule has 0 aliphatic rings. The number of hydrogen-bond donors (Lipinski definition) is 0. The quantitative estimate of drug-likeness (QED) is 0.107. The van der Waals surface area contributed by atoms with Crippen molar-refractivity contribution in [2.45, 2.75) is 98.8 Å². The van der Waals surface area contributed by atoms with Crippen LogP contribution in [0.15, 0.2) is 73.2 Å². The normalized spacial score (nSPS) is 11.8. The van der Waals surface area contributed by atoms with Crippen molar-refractivity contribution < 1.29 is 9.53 Å². The fraction of sp³-hybridized carbons (Fsp3) is 0.395. The first kappa shape index (κ1) is 31.2. The summed E-state index contributed by atoms with van der Waals surface area (Å²) in [6.07, 6.45) is 11.0. The van der Waals surface area contributed by atoms with Gasteiger partial charge in [-0.15, -0.1) is 0 Å². The van der Waals surface area contributed by atoms with Crippen LogP contribution in [0.25, 0.3) is 33.4 Å². The molecule has 0 saturated carbocycles. The van der Waals surface area contributed by atoms with E-state index >= 15 is 0 Å². The summed E-state index contributed by atoms with van der Waals surface area (Å²) < 4.78 is 10.3. The Bertz CT molecular complexity index is 1720. The van der Waals surface area contributed by atoms with Crippen molar-refractivity contribution in [2.24, 2.45) is 0 Å². The van der Waals surface area contributed by atoms with Crippen molar-refractivity contribution in [1.82, 2.24) is 19.1 Å². The molecule has 6 nitrogen and oxygen atoms in total. The Balaban J connectivity index is 1.43. The summed E-state index contributed by atoms with van der Waals surface area (Å²) in [7, 11) is 0. The maximum Gasteiger partial charge on any atom is 0.339 e. The Morgan fingerprint density at radius 2 is 1.68 bits per heavy atom. The molecule has 0 aliphatic heterocycles. The maximum absolute atomic E-state index is 12.9. The summed E-state index contributed by atoms with van der Waals surface area (Å²) in [5.41, 5.74) is 8.56. The lowest BCUT2D eigenvalue weighted by Crippen LogP contribution is -2.24. The molecule has 0 aliphatic carbocycles. The minimum atomic E-state index is -0.551. The van der Waals surface area contributed by atoms with Crippen molar-refractivity contribution in [3.8, 4) is 22.4 Å². The first-order valence-corrected chi connectivity index (χ1v) is 16.1. The van der Waals surface area contributed by atoms with Crippen LogP contribution in [-0.2, 0) is 24.2 Å². The van der Waals surface area contributed by atoms with Crippen LogP contribution in [0.1, 0.15) is 94.0 Å². The van der Waals surface area contributed by atoms with Crippen LogP contribution in [0.3, 0.4) is 0 Å². The molecule has 230 valence electrons. The third-order valence-corrected chi connectivity index (χ3v) is 7.95. The van der Waals surface area contributed by atoms with E-state index in [4.69, 9.17) is 14.7 Å². The van der Waals surface area contributed by atoms with E-state index in [2.05, 4.69) is 72.5 Å². The highest BCUT2D eigenvalue weighted by molar-refractivity contribution is 5.97. The van der Waals surface area contributed by atoms with Crippen LogP contribution >= 0.6 is 0 Å². The fourth-order valence-electron chi connectivity index (χ4n) is 5.75. The number of carbonyl (C=O) groups excluding carboxylic acids is 1. The number of unbranched alkanes of at least 4 members (excludes halogenated alkanes) is 3. The number of aromatic nitrogens is 4. The van der Waals surface area contributed by atoms with Gasteiger partial charge in [-0.25, -0.2) is 14.8 Å². The van der Waals surface area contributed by atoms with Gasteiger partial charge in [0.05, 0.1) is 28.6 Å². The highest BCUT2D eigenvalue weighted by Crippen LogP contribution is 2.30. The molecule has 3 aromatic carbocycles. The smallest absolute Gasteiger partial charge is 0.339 e. The summed E-state index contributed by atoms with van der Waals surface area (Å²) in [5.74, 6) is 0.794. The lowest BCUT2D eigenvalue weighted by molar-refractivity contribution is 0.00704. The fourth-order valence-corrected chi connectivity index (χ4v) is 5.75. The molecule has 0 bridgehead atoms. The van der Waals surface area contributed by atoms with Gasteiger partial charge in [0.2, 0.25) is 0 Å². The molecule has 0 unspecified atom stereocenters. The highest BCUT2D eigenvalue weighted by Gasteiger charge is 2.21. The molecule has 0 radical (unpaired) electrons. The van der Waals surface area contributed by atoms with E-state index in [-0.39, 0.29) is 5.97 Å². The number of rotatable bonds is 12. The largest absolute Gasteiger partial charge is 0.456 e. The number of fused-ring (bicyclic) bond motifs is 1. The second-order valence-electron chi connectivity index (χ2n) is 12.8. The first-order chi connectivity index (χ1) is 21.2. The highest BCUT2D eigenvalue weighted by atomic mass is 16.6. The number of nitrogens with zero attached hydrogens (tertiary/aromatic N) is 4. The van der Waals surface area contributed by atoms with Gasteiger partial charge in [0.25, 0.3) is 0 Å². The second kappa shape index (κ2) is 13.6. The summed E-state index contributed by atoms with van der Waals surface area (Å²) >= 11 is 0. The van der Waals surface area contributed by atoms with Crippen molar-refractivity contribution in [3.63, 3.8) is 0 Å². The lowest BCUT2D eigenvalue weighted by Gasteiger charge is -2.20. The van der Waals surface area contributed by atoms with Crippen LogP contribution in [0, 0.1) is 6.92 Å². The molecule has 44 heavy (non-hydrogen) atoms. The zero-order valence-electron chi connectivity index (χ0n) is 27.2. The van der Waals surface area contributed by atoms with E-state index in [0.29, 0.717) is 12.1 Å². The van der Waals surface area contributed by atoms with Crippen LogP contribution in [0.4, 0.5) is 0 Å². The van der Waals surface area contributed by atoms with E-state index in [1.54, 1.807) is 0 Å². The van der Waals surface area contributed by atoms with Crippen LogP contribution in [0.5, 0.6) is 0 Å². The Hall–Kier alpha value is -4.19. The number of imidazole rings is 2. The molecule has 2 heterocycles. The summed E-state index contributed by atoms with van der Waals surface area (Å²) in [6.45, 7) is 14.0. The molecule has 0 fully saturated rings. The van der Waals surface area contributed by atoms with Gasteiger partial charge in [0.15, 0.2) is 0 Å². The van der Waals surface area contributed by atoms with Crippen molar-refractivity contribution in [2.75, 3.05) is 0 Å². The van der Waals surface area contributed by atoms with Crippen LogP contribution in [0.2, 0.25) is 0 Å². The molecule has 5 aromatic rings. The number of hydrogen-bond acceptors (Lipinski definition) is 4. The molecule has 0 spiro atoms. The average Bonchev–Trinajstić information content (AvgIpc) is 3.60. The summed E-state index contributed by atoms with van der Waals surface area (Å²) in [4.78, 5) is 22.8. The third kappa shape index (κ3) is 7.29. The molecule has 2 aromatic heterocycles. The Morgan fingerprint density at radius 3 is 2.41 bits per heavy atom. The van der Waals surface area contributed by atoms with Gasteiger partial charge in [0.1, 0.15) is 11.4 Å². The molecule has 5 rings (SSSR count). The van der Waals surface area contributed by atoms with Gasteiger partial charge in [-0.3, -0.25) is 0 Å². The Labute approximate surface area is 262 Å². The second-order valence-corrected chi connectivity index (χ2v) is 12.8. The number of ether oxygens (including phenoxy) is 1. The Kier molecular flexibility index (Phi) is 9.68. The monoisotopic (exact) mass is 590 g/mol. The minimum Gasteiger partial charge on any atom is -0.456 e. The van der Waals surface area contributed by atoms with E-state index in [9.17, 15) is 4.79 Å². The molecule has 0 amide bonds. The van der Waals surface area contributed by atoms with Gasteiger partial charge < -0.3 is 13.9 Å². The molecular weight excluding hydrogens is 544 g/mol. The molecule has 0 saturated heterocycles. The number of carbonyl (C=O) groups is 1. The first-order valence-electron chi connectivity index (χ1n) is 16.1. The van der Waals surface area contributed by atoms with E-state index < -0.39 is 5.60 Å². The molecule has 6 heteroatoms. The van der Waals surface area contributed by atoms with Crippen LogP contribution < -0.4 is 0 Å². The maximum atomic E-state index is 12.9. The minimum absolute atomic E-state index is 0.307. The van der Waals surface area contributed by atoms with E-state index in [0.717, 1.165) is 58.6 Å². The van der Waals surface area contributed by atoms with Gasteiger partial charge in [0, 0.05) is 31.3 Å². The average molecular weight is 591 g/mol. The topological polar surface area (TPSA) is 61.9 Å². The lowest BCUT2D eigenvalue weighted by atomic mass is 9.98. The molecular formula is C38H46N4O2. The van der Waals surface area contributed by atoms with Crippen molar-refractivity contribution in [3.05, 3.63) is 95.7 Å². The zero-order chi connectivity index (χ0) is 31.3. The predicted octanol–water partition coefficient (Wildman–Crippen LogP) is 9.41. The van der Waals surface area contributed by atoms with Gasteiger partial charge in [-0.1, -0.05) is 75.6 Å². The van der Waals surface area contributed by atoms with Crippen molar-refractivity contribution >= 4 is 17.0 Å². The number of esters is 1. The van der Waals surface area contributed by atoms with Gasteiger partial charge >= 0.3 is 5.97 Å². The molecule has 0 N–H and O–H groups in total. The summed E-state index contributed by atoms with van der Waals surface area (Å²) in [5, 5.41) is 0. The van der Waals surface area contributed by atoms with E-state index in [1.165, 1.54) is 36.8 Å². The van der Waals surface area contributed by atoms with Gasteiger partial charge in [-0.05, 0) is 81.0 Å². The summed E-state index contributed by atoms with van der Waals surface area (Å²) in [6, 6.07) is 20.6. The Morgan fingerprint density at radius 1 is 0.909 bits per heavy atom. The standard InChI is InChI=1S/C38H46N4O2/c1-7-9-10-13-21-41-25-33(39-26-41)30-22-27(3)36-34(23-30)42(35(40-36)14-8-2)24-28-17-19-29(20-18-28)31-15-11-12-16-32(31)37(43)44-38(4,5)6/h11-12,15-20,22-23,25-26H,7-10,13-14,21,24H2,1-6H3. The van der Waals surface area contributed by atoms with Gasteiger partial charge in [-0.2, -0.15) is 0 Å². The predicted molar refractivity (Wildman–Crippen MR) is 180 cm³/mol. The number of aryl methyl sites for hydroxylation is 3. The molecule has 0 atom stereocenters. The SMILES string of the molecule is CCCCCCn1cnc(-c2cc(C)c3nc(CCC)n(Cc4ccc(-c5ccccc5C(=O)OC(C)(C)C)cc4)c3c2)c1. The third-order valence-electron chi connectivity index (χ3n) is 7.95. The van der Waals surface area contributed by atoms with E-state index in [1.807, 2.05) is 51.4 Å². The number of benzene rings is 3. The van der Waals surface area contributed by atoms with Crippen LogP contribution in [-0.4, -0.2) is 30.7 Å².